The lowest BCUT2D eigenvalue weighted by atomic mass is 10.4. The highest BCUT2D eigenvalue weighted by Gasteiger charge is 2.30. The number of halogens is 1. The molecule has 0 aliphatic carbocycles. The quantitative estimate of drug-likeness (QED) is 0.839. The second kappa shape index (κ2) is 6.57. The van der Waals surface area contributed by atoms with E-state index < -0.39 is 15.9 Å². The molecule has 0 saturated carbocycles. The van der Waals surface area contributed by atoms with Gasteiger partial charge in [-0.25, -0.2) is 13.4 Å². The van der Waals surface area contributed by atoms with E-state index in [0.29, 0.717) is 38.3 Å². The van der Waals surface area contributed by atoms with Crippen molar-refractivity contribution in [3.8, 4) is 0 Å². The number of aryl methyl sites for hydroxylation is 1. The van der Waals surface area contributed by atoms with E-state index in [2.05, 4.69) is 4.98 Å². The Hall–Kier alpha value is -0.740. The zero-order valence-electron chi connectivity index (χ0n) is 11.6. The van der Waals surface area contributed by atoms with E-state index in [1.165, 1.54) is 4.31 Å². The van der Waals surface area contributed by atoms with Crippen LogP contribution in [0, 0.1) is 6.92 Å². The van der Waals surface area contributed by atoms with Gasteiger partial charge in [-0.05, 0) is 19.9 Å². The molecular weight excluding hydrogens is 336 g/mol. The summed E-state index contributed by atoms with van der Waals surface area (Å²) in [5, 5.41) is 0. The molecule has 0 radical (unpaired) electrons. The van der Waals surface area contributed by atoms with Crippen LogP contribution < -0.4 is 5.73 Å². The first kappa shape index (κ1) is 16.6. The second-order valence-corrected chi connectivity index (χ2v) is 8.55. The lowest BCUT2D eigenvalue weighted by Gasteiger charge is -2.20. The smallest absolute Gasteiger partial charge is 0.254 e. The molecule has 2 heterocycles. The number of primary amides is 1. The highest BCUT2D eigenvalue weighted by atomic mass is 35.5. The number of nitrogens with two attached hydrogens (primary N) is 1. The molecule has 7 nitrogen and oxygen atoms in total. The van der Waals surface area contributed by atoms with Crippen LogP contribution >= 0.6 is 22.9 Å². The van der Waals surface area contributed by atoms with E-state index in [1.807, 2.05) is 4.90 Å². The van der Waals surface area contributed by atoms with Crippen molar-refractivity contribution in [3.63, 3.8) is 0 Å². The molecule has 1 aliphatic rings. The third-order valence-electron chi connectivity index (χ3n) is 3.23. The van der Waals surface area contributed by atoms with Gasteiger partial charge in [0.15, 0.2) is 8.68 Å². The lowest BCUT2D eigenvalue weighted by Crippen LogP contribution is -2.38. The topological polar surface area (TPSA) is 96.6 Å². The van der Waals surface area contributed by atoms with Gasteiger partial charge in [0, 0.05) is 19.6 Å². The monoisotopic (exact) mass is 352 g/mol. The van der Waals surface area contributed by atoms with Crippen molar-refractivity contribution in [2.45, 2.75) is 17.6 Å². The van der Waals surface area contributed by atoms with Crippen molar-refractivity contribution < 1.29 is 13.2 Å². The number of aromatic nitrogens is 1. The minimum atomic E-state index is -3.59. The molecule has 0 spiro atoms. The summed E-state index contributed by atoms with van der Waals surface area (Å²) in [6.07, 6.45) is 0.651. The van der Waals surface area contributed by atoms with Gasteiger partial charge in [0.1, 0.15) is 0 Å². The van der Waals surface area contributed by atoms with Gasteiger partial charge in [0.25, 0.3) is 10.0 Å². The van der Waals surface area contributed by atoms with Crippen LogP contribution in [0.4, 0.5) is 0 Å². The molecule has 1 aromatic heterocycles. The van der Waals surface area contributed by atoms with Gasteiger partial charge in [-0.3, -0.25) is 9.69 Å². The fourth-order valence-electron chi connectivity index (χ4n) is 2.27. The first-order valence-corrected chi connectivity index (χ1v) is 9.08. The third-order valence-corrected chi connectivity index (χ3v) is 6.98. The average Bonchev–Trinajstić information content (AvgIpc) is 2.60. The summed E-state index contributed by atoms with van der Waals surface area (Å²) in [6, 6.07) is 0. The van der Waals surface area contributed by atoms with Crippen molar-refractivity contribution in [1.82, 2.24) is 14.2 Å². The Morgan fingerprint density at radius 2 is 2.10 bits per heavy atom. The maximum atomic E-state index is 12.6. The van der Waals surface area contributed by atoms with E-state index in [-0.39, 0.29) is 15.2 Å². The highest BCUT2D eigenvalue weighted by molar-refractivity contribution is 7.91. The molecule has 21 heavy (non-hydrogen) atoms. The Morgan fingerprint density at radius 3 is 2.67 bits per heavy atom. The van der Waals surface area contributed by atoms with Crippen molar-refractivity contribution >= 4 is 38.9 Å². The first-order valence-electron chi connectivity index (χ1n) is 6.44. The van der Waals surface area contributed by atoms with Crippen LogP contribution in [0.25, 0.3) is 0 Å². The molecule has 1 fully saturated rings. The Balaban J connectivity index is 2.14. The average molecular weight is 353 g/mol. The summed E-state index contributed by atoms with van der Waals surface area (Å²) in [7, 11) is -3.59. The maximum absolute atomic E-state index is 12.6. The van der Waals surface area contributed by atoms with Gasteiger partial charge < -0.3 is 5.73 Å². The van der Waals surface area contributed by atoms with Crippen LogP contribution in [0.15, 0.2) is 4.21 Å². The molecule has 0 bridgehead atoms. The van der Waals surface area contributed by atoms with Gasteiger partial charge >= 0.3 is 0 Å². The normalized spacial score (nSPS) is 18.6. The van der Waals surface area contributed by atoms with E-state index in [9.17, 15) is 13.2 Å². The standard InChI is InChI=1S/C11H17ClN4O3S2/c1-8-10(20-11(12)14-8)21(18,19)16-4-2-3-15(5-6-16)7-9(13)17/h2-7H2,1H3,(H2,13,17). The third kappa shape index (κ3) is 3.92. The summed E-state index contributed by atoms with van der Waals surface area (Å²) in [5.74, 6) is -0.406. The van der Waals surface area contributed by atoms with E-state index in [1.54, 1.807) is 6.92 Å². The first-order chi connectivity index (χ1) is 9.80. The van der Waals surface area contributed by atoms with Crippen molar-refractivity contribution in [2.75, 3.05) is 32.7 Å². The second-order valence-electron chi connectivity index (χ2n) is 4.84. The lowest BCUT2D eigenvalue weighted by molar-refractivity contribution is -0.119. The molecule has 1 aliphatic heterocycles. The number of nitrogens with zero attached hydrogens (tertiary/aromatic N) is 3. The van der Waals surface area contributed by atoms with E-state index in [4.69, 9.17) is 17.3 Å². The zero-order valence-corrected chi connectivity index (χ0v) is 14.0. The zero-order chi connectivity index (χ0) is 15.6. The minimum absolute atomic E-state index is 0.152. The largest absolute Gasteiger partial charge is 0.369 e. The molecule has 1 aromatic rings. The van der Waals surface area contributed by atoms with Crippen LogP contribution in [-0.4, -0.2) is 61.2 Å². The fourth-order valence-corrected chi connectivity index (χ4v) is 5.62. The van der Waals surface area contributed by atoms with Crippen LogP contribution in [0.1, 0.15) is 12.1 Å². The van der Waals surface area contributed by atoms with Gasteiger partial charge in [-0.15, -0.1) is 0 Å². The number of hydrogen-bond donors (Lipinski definition) is 1. The van der Waals surface area contributed by atoms with E-state index >= 15 is 0 Å². The summed E-state index contributed by atoms with van der Waals surface area (Å²) in [5.41, 5.74) is 5.59. The molecule has 0 atom stereocenters. The molecule has 2 rings (SSSR count). The van der Waals surface area contributed by atoms with Gasteiger partial charge in [0.05, 0.1) is 12.2 Å². The van der Waals surface area contributed by atoms with Crippen molar-refractivity contribution in [1.29, 1.82) is 0 Å². The summed E-state index contributed by atoms with van der Waals surface area (Å²) in [4.78, 5) is 16.8. The Kier molecular flexibility index (Phi) is 5.20. The molecule has 2 N–H and O–H groups in total. The number of sulfonamides is 1. The predicted molar refractivity (Wildman–Crippen MR) is 80.9 cm³/mol. The van der Waals surface area contributed by atoms with E-state index in [0.717, 1.165) is 11.3 Å². The Labute approximate surface area is 132 Å². The minimum Gasteiger partial charge on any atom is -0.369 e. The van der Waals surface area contributed by atoms with Crippen LogP contribution in [0.2, 0.25) is 4.47 Å². The van der Waals surface area contributed by atoms with Crippen LogP contribution in [0.5, 0.6) is 0 Å². The van der Waals surface area contributed by atoms with Gasteiger partial charge in [0.2, 0.25) is 5.91 Å². The van der Waals surface area contributed by atoms with Gasteiger partial charge in [-0.1, -0.05) is 22.9 Å². The molecular formula is C11H17ClN4O3S2. The fraction of sp³-hybridized carbons (Fsp3) is 0.636. The van der Waals surface area contributed by atoms with Gasteiger partial charge in [-0.2, -0.15) is 4.31 Å². The molecule has 118 valence electrons. The van der Waals surface area contributed by atoms with Crippen molar-refractivity contribution in [3.05, 3.63) is 10.2 Å². The SMILES string of the molecule is Cc1nc(Cl)sc1S(=O)(=O)N1CCCN(CC(N)=O)CC1. The molecule has 0 unspecified atom stereocenters. The number of rotatable bonds is 4. The molecule has 10 heteroatoms. The summed E-state index contributed by atoms with van der Waals surface area (Å²) in [6.45, 7) is 3.65. The number of carbonyl (C=O) groups excluding carboxylic acids is 1. The summed E-state index contributed by atoms with van der Waals surface area (Å²) < 4.78 is 27.1. The number of amides is 1. The molecule has 0 aromatic carbocycles. The van der Waals surface area contributed by atoms with Crippen LogP contribution in [-0.2, 0) is 14.8 Å². The molecule has 1 amide bonds. The maximum Gasteiger partial charge on any atom is 0.254 e. The Bertz CT molecular complexity index is 631. The predicted octanol–water partition coefficient (Wildman–Crippen LogP) is 0.287. The summed E-state index contributed by atoms with van der Waals surface area (Å²) >= 11 is 6.76. The molecule has 1 saturated heterocycles. The number of thiazole rings is 1. The number of carbonyl (C=O) groups is 1. The van der Waals surface area contributed by atoms with Crippen LogP contribution in [0.3, 0.4) is 0 Å². The highest BCUT2D eigenvalue weighted by Crippen LogP contribution is 2.29. The van der Waals surface area contributed by atoms with Crippen molar-refractivity contribution in [2.24, 2.45) is 5.73 Å². The number of hydrogen-bond acceptors (Lipinski definition) is 6. The Morgan fingerprint density at radius 1 is 1.38 bits per heavy atom.